The van der Waals surface area contributed by atoms with Crippen LogP contribution in [0.15, 0.2) is 0 Å². The molecule has 0 radical (unpaired) electrons. The molecular weight excluding hydrogens is 184 g/mol. The number of hydrogen-bond donors (Lipinski definition) is 2. The molecule has 0 spiro atoms. The molecule has 14 heavy (non-hydrogen) atoms. The highest BCUT2D eigenvalue weighted by Crippen LogP contribution is 1.82. The molecule has 0 atom stereocenters. The molecule has 4 amide bonds. The van der Waals surface area contributed by atoms with E-state index in [9.17, 15) is 9.59 Å². The minimum Gasteiger partial charge on any atom is -0.341 e. The Morgan fingerprint density at radius 3 is 1.21 bits per heavy atom. The average molecular weight is 204 g/mol. The zero-order chi connectivity index (χ0) is 11.7. The summed E-state index contributed by atoms with van der Waals surface area (Å²) in [5.74, 6) is 0. The molecule has 84 valence electrons. The lowest BCUT2D eigenvalue weighted by molar-refractivity contribution is 0.197. The number of carbonyl (C=O) groups is 2. The van der Waals surface area contributed by atoms with Gasteiger partial charge in [-0.15, -0.1) is 0 Å². The van der Waals surface area contributed by atoms with E-state index >= 15 is 0 Å². The van der Waals surface area contributed by atoms with Crippen LogP contribution in [0.4, 0.5) is 9.59 Å². The van der Waals surface area contributed by atoms with Crippen LogP contribution in [0.3, 0.4) is 0 Å². The van der Waals surface area contributed by atoms with E-state index in [1.165, 1.54) is 21.1 Å². The standard InChI is InChI=1S/C5H11N3O2.C3H9N/c1-6-4(9)8(3)5(10)7-2;1-4(2)3/h1-3H3,(H,6,9)(H,7,10);1-3H3. The van der Waals surface area contributed by atoms with Gasteiger partial charge in [-0.3, -0.25) is 0 Å². The van der Waals surface area contributed by atoms with Crippen LogP contribution in [0.25, 0.3) is 0 Å². The van der Waals surface area contributed by atoms with E-state index in [-0.39, 0.29) is 0 Å². The van der Waals surface area contributed by atoms with Crippen LogP contribution in [0.5, 0.6) is 0 Å². The Kier molecular flexibility index (Phi) is 9.01. The summed E-state index contributed by atoms with van der Waals surface area (Å²) in [4.78, 5) is 24.3. The molecule has 0 aromatic carbocycles. The number of nitrogens with one attached hydrogen (secondary N) is 2. The Hall–Kier alpha value is -1.30. The van der Waals surface area contributed by atoms with E-state index in [0.717, 1.165) is 4.90 Å². The lowest BCUT2D eigenvalue weighted by Crippen LogP contribution is -2.43. The van der Waals surface area contributed by atoms with E-state index in [0.29, 0.717) is 0 Å². The highest BCUT2D eigenvalue weighted by Gasteiger charge is 2.11. The Labute approximate surface area is 85.2 Å². The first kappa shape index (κ1) is 15.2. The van der Waals surface area contributed by atoms with Crippen molar-refractivity contribution >= 4 is 12.1 Å². The van der Waals surface area contributed by atoms with Crippen molar-refractivity contribution in [3.63, 3.8) is 0 Å². The number of carbonyl (C=O) groups excluding carboxylic acids is 2. The second kappa shape index (κ2) is 8.31. The normalized spacial score (nSPS) is 8.50. The third-order valence-electron chi connectivity index (χ3n) is 1.04. The topological polar surface area (TPSA) is 64.7 Å². The van der Waals surface area contributed by atoms with Crippen LogP contribution in [0.1, 0.15) is 0 Å². The lowest BCUT2D eigenvalue weighted by atomic mass is 10.7. The minimum atomic E-state index is -0.431. The van der Waals surface area contributed by atoms with E-state index in [1.807, 2.05) is 26.0 Å². The predicted octanol–water partition coefficient (Wildman–Crippen LogP) is -0.225. The number of nitrogens with zero attached hydrogens (tertiary/aromatic N) is 2. The molecule has 0 aliphatic heterocycles. The van der Waals surface area contributed by atoms with Crippen LogP contribution >= 0.6 is 0 Å². The van der Waals surface area contributed by atoms with Gasteiger partial charge < -0.3 is 15.5 Å². The first-order valence-electron chi connectivity index (χ1n) is 4.14. The summed E-state index contributed by atoms with van der Waals surface area (Å²) < 4.78 is 0. The van der Waals surface area contributed by atoms with Crippen LogP contribution in [0, 0.1) is 0 Å². The minimum absolute atomic E-state index is 0.431. The summed E-state index contributed by atoms with van der Waals surface area (Å²) in [6, 6.07) is -0.862. The summed E-state index contributed by atoms with van der Waals surface area (Å²) in [5, 5.41) is 4.61. The lowest BCUT2D eigenvalue weighted by Gasteiger charge is -2.12. The fourth-order valence-electron chi connectivity index (χ4n) is 0.428. The monoisotopic (exact) mass is 204 g/mol. The molecule has 6 nitrogen and oxygen atoms in total. The van der Waals surface area contributed by atoms with Crippen molar-refractivity contribution in [1.82, 2.24) is 20.4 Å². The van der Waals surface area contributed by atoms with Crippen LogP contribution in [0.2, 0.25) is 0 Å². The molecule has 0 aromatic heterocycles. The molecule has 0 saturated carbocycles. The first-order valence-corrected chi connectivity index (χ1v) is 4.14. The molecule has 0 aliphatic carbocycles. The van der Waals surface area contributed by atoms with Crippen LogP contribution < -0.4 is 10.6 Å². The van der Waals surface area contributed by atoms with Crippen molar-refractivity contribution in [2.75, 3.05) is 42.3 Å². The van der Waals surface area contributed by atoms with Gasteiger partial charge in [0.2, 0.25) is 0 Å². The van der Waals surface area contributed by atoms with Crippen molar-refractivity contribution in [3.05, 3.63) is 0 Å². The average Bonchev–Trinajstić information content (AvgIpc) is 2.13. The van der Waals surface area contributed by atoms with E-state index < -0.39 is 12.1 Å². The Balaban J connectivity index is 0. The fraction of sp³-hybridized carbons (Fsp3) is 0.750. The van der Waals surface area contributed by atoms with Gasteiger partial charge in [-0.05, 0) is 21.1 Å². The predicted molar refractivity (Wildman–Crippen MR) is 56.3 cm³/mol. The first-order chi connectivity index (χ1) is 6.36. The summed E-state index contributed by atoms with van der Waals surface area (Å²) in [5.41, 5.74) is 0. The van der Waals surface area contributed by atoms with Crippen molar-refractivity contribution in [1.29, 1.82) is 0 Å². The number of hydrogen-bond acceptors (Lipinski definition) is 3. The van der Waals surface area contributed by atoms with E-state index in [4.69, 9.17) is 0 Å². The van der Waals surface area contributed by atoms with Gasteiger partial charge in [0.1, 0.15) is 0 Å². The molecule has 0 bridgehead atoms. The quantitative estimate of drug-likeness (QED) is 0.573. The molecular formula is C8H20N4O2. The highest BCUT2D eigenvalue weighted by molar-refractivity contribution is 5.92. The van der Waals surface area contributed by atoms with Gasteiger partial charge in [-0.2, -0.15) is 0 Å². The van der Waals surface area contributed by atoms with Gasteiger partial charge in [0.05, 0.1) is 0 Å². The smallest absolute Gasteiger partial charge is 0.325 e. The van der Waals surface area contributed by atoms with Crippen LogP contribution in [-0.4, -0.2) is 64.1 Å². The third kappa shape index (κ3) is 8.79. The largest absolute Gasteiger partial charge is 0.341 e. The van der Waals surface area contributed by atoms with Crippen molar-refractivity contribution in [2.45, 2.75) is 0 Å². The maximum Gasteiger partial charge on any atom is 0.325 e. The third-order valence-corrected chi connectivity index (χ3v) is 1.04. The van der Waals surface area contributed by atoms with Gasteiger partial charge in [0, 0.05) is 21.1 Å². The molecule has 2 N–H and O–H groups in total. The molecule has 0 saturated heterocycles. The van der Waals surface area contributed by atoms with Crippen molar-refractivity contribution < 1.29 is 9.59 Å². The van der Waals surface area contributed by atoms with Gasteiger partial charge >= 0.3 is 12.1 Å². The summed E-state index contributed by atoms with van der Waals surface area (Å²) in [6.07, 6.45) is 0. The van der Waals surface area contributed by atoms with Gasteiger partial charge in [-0.25, -0.2) is 14.5 Å². The molecule has 0 unspecified atom stereocenters. The molecule has 0 fully saturated rings. The Morgan fingerprint density at radius 2 is 1.07 bits per heavy atom. The summed E-state index contributed by atoms with van der Waals surface area (Å²) in [6.45, 7) is 0. The zero-order valence-corrected chi connectivity index (χ0v) is 9.71. The maximum atomic E-state index is 10.7. The molecule has 0 heterocycles. The Morgan fingerprint density at radius 1 is 0.857 bits per heavy atom. The Bertz CT molecular complexity index is 163. The van der Waals surface area contributed by atoms with Gasteiger partial charge in [0.25, 0.3) is 0 Å². The summed E-state index contributed by atoms with van der Waals surface area (Å²) >= 11 is 0. The highest BCUT2D eigenvalue weighted by atomic mass is 16.2. The number of rotatable bonds is 0. The van der Waals surface area contributed by atoms with Gasteiger partial charge in [-0.1, -0.05) is 0 Å². The molecule has 0 aliphatic rings. The second-order valence-electron chi connectivity index (χ2n) is 3.01. The fourth-order valence-corrected chi connectivity index (χ4v) is 0.428. The van der Waals surface area contributed by atoms with Crippen molar-refractivity contribution in [2.24, 2.45) is 0 Å². The zero-order valence-electron chi connectivity index (χ0n) is 9.71. The molecule has 0 rings (SSSR count). The van der Waals surface area contributed by atoms with E-state index in [1.54, 1.807) is 0 Å². The van der Waals surface area contributed by atoms with E-state index in [2.05, 4.69) is 10.6 Å². The SMILES string of the molecule is CN(C)C.CNC(=O)N(C)C(=O)NC. The van der Waals surface area contributed by atoms with Crippen molar-refractivity contribution in [3.8, 4) is 0 Å². The molecule has 0 aromatic rings. The van der Waals surface area contributed by atoms with Gasteiger partial charge in [0.15, 0.2) is 0 Å². The summed E-state index contributed by atoms with van der Waals surface area (Å²) in [7, 11) is 10.3. The number of imide groups is 1. The second-order valence-corrected chi connectivity index (χ2v) is 3.01. The molecule has 6 heteroatoms. The number of urea groups is 2. The van der Waals surface area contributed by atoms with Crippen LogP contribution in [-0.2, 0) is 0 Å². The number of amides is 4. The maximum absolute atomic E-state index is 10.7.